The van der Waals surface area contributed by atoms with Crippen LogP contribution in [-0.2, 0) is 16.1 Å². The molecule has 0 N–H and O–H groups in total. The highest BCUT2D eigenvalue weighted by molar-refractivity contribution is 9.10. The van der Waals surface area contributed by atoms with E-state index < -0.39 is 0 Å². The maximum absolute atomic E-state index is 12.5. The van der Waals surface area contributed by atoms with Crippen LogP contribution in [0.3, 0.4) is 0 Å². The van der Waals surface area contributed by atoms with Gasteiger partial charge in [0.1, 0.15) is 6.61 Å². The summed E-state index contributed by atoms with van der Waals surface area (Å²) in [4.78, 5) is 27.5. The van der Waals surface area contributed by atoms with Crippen LogP contribution in [0.25, 0.3) is 0 Å². The molecule has 1 aliphatic carbocycles. The van der Waals surface area contributed by atoms with Gasteiger partial charge in [0, 0.05) is 30.0 Å². The lowest BCUT2D eigenvalue weighted by atomic mass is 10.2. The first kappa shape index (κ1) is 15.3. The Morgan fingerprint density at radius 3 is 2.86 bits per heavy atom. The molecule has 118 valence electrons. The Morgan fingerprint density at radius 2 is 2.23 bits per heavy atom. The Kier molecular flexibility index (Phi) is 4.66. The van der Waals surface area contributed by atoms with Gasteiger partial charge in [-0.2, -0.15) is 0 Å². The van der Waals surface area contributed by atoms with Gasteiger partial charge in [0.2, 0.25) is 5.91 Å². The van der Waals surface area contributed by atoms with E-state index in [4.69, 9.17) is 4.74 Å². The van der Waals surface area contributed by atoms with Gasteiger partial charge < -0.3 is 14.5 Å². The molecule has 0 radical (unpaired) electrons. The predicted molar refractivity (Wildman–Crippen MR) is 85.3 cm³/mol. The third-order valence-corrected chi connectivity index (χ3v) is 4.48. The summed E-state index contributed by atoms with van der Waals surface area (Å²) in [6.45, 7) is 2.09. The molecule has 3 rings (SSSR count). The molecule has 1 heterocycles. The maximum Gasteiger partial charge on any atom is 0.409 e. The quantitative estimate of drug-likeness (QED) is 0.777. The average molecular weight is 367 g/mol. The highest BCUT2D eigenvalue weighted by Gasteiger charge is 2.33. The molecule has 2 aliphatic rings. The van der Waals surface area contributed by atoms with Gasteiger partial charge in [-0.1, -0.05) is 28.1 Å². The maximum atomic E-state index is 12.5. The number of cyclic esters (lactones) is 1. The molecule has 0 aromatic heterocycles. The zero-order chi connectivity index (χ0) is 15.5. The van der Waals surface area contributed by atoms with Gasteiger partial charge in [-0.05, 0) is 30.5 Å². The van der Waals surface area contributed by atoms with Crippen molar-refractivity contribution in [3.63, 3.8) is 0 Å². The topological polar surface area (TPSA) is 49.9 Å². The SMILES string of the molecule is O=C1OCCN1CCC(=O)N(Cc1cccc(Br)c1)C1CC1. The van der Waals surface area contributed by atoms with Crippen LogP contribution in [-0.4, -0.2) is 47.5 Å². The monoisotopic (exact) mass is 366 g/mol. The van der Waals surface area contributed by atoms with Crippen molar-refractivity contribution in [3.05, 3.63) is 34.3 Å². The number of amides is 2. The first-order valence-electron chi connectivity index (χ1n) is 7.59. The van der Waals surface area contributed by atoms with E-state index in [0.29, 0.717) is 38.7 Å². The molecule has 0 unspecified atom stereocenters. The highest BCUT2D eigenvalue weighted by atomic mass is 79.9. The van der Waals surface area contributed by atoms with Gasteiger partial charge in [-0.15, -0.1) is 0 Å². The van der Waals surface area contributed by atoms with Crippen molar-refractivity contribution in [2.75, 3.05) is 19.7 Å². The van der Waals surface area contributed by atoms with E-state index in [1.807, 2.05) is 29.2 Å². The minimum absolute atomic E-state index is 0.113. The van der Waals surface area contributed by atoms with Gasteiger partial charge in [-0.3, -0.25) is 4.79 Å². The van der Waals surface area contributed by atoms with Crippen LogP contribution in [0.4, 0.5) is 4.79 Å². The van der Waals surface area contributed by atoms with Crippen molar-refractivity contribution in [3.8, 4) is 0 Å². The van der Waals surface area contributed by atoms with Crippen LogP contribution in [0.1, 0.15) is 24.8 Å². The van der Waals surface area contributed by atoms with E-state index in [9.17, 15) is 9.59 Å². The molecule has 0 atom stereocenters. The second kappa shape index (κ2) is 6.69. The molecule has 2 fully saturated rings. The highest BCUT2D eigenvalue weighted by Crippen LogP contribution is 2.29. The number of hydrogen-bond acceptors (Lipinski definition) is 3. The number of ether oxygens (including phenoxy) is 1. The molecule has 0 bridgehead atoms. The molecule has 6 heteroatoms. The van der Waals surface area contributed by atoms with Gasteiger partial charge in [0.15, 0.2) is 0 Å². The molecule has 1 aromatic carbocycles. The zero-order valence-corrected chi connectivity index (χ0v) is 13.9. The largest absolute Gasteiger partial charge is 0.448 e. The number of carbonyl (C=O) groups is 2. The lowest BCUT2D eigenvalue weighted by Gasteiger charge is -2.24. The smallest absolute Gasteiger partial charge is 0.409 e. The van der Waals surface area contributed by atoms with E-state index in [0.717, 1.165) is 22.9 Å². The van der Waals surface area contributed by atoms with Crippen molar-refractivity contribution in [1.82, 2.24) is 9.80 Å². The Morgan fingerprint density at radius 1 is 1.41 bits per heavy atom. The van der Waals surface area contributed by atoms with Crippen molar-refractivity contribution in [1.29, 1.82) is 0 Å². The van der Waals surface area contributed by atoms with Crippen LogP contribution in [0, 0.1) is 0 Å². The molecule has 1 aromatic rings. The zero-order valence-electron chi connectivity index (χ0n) is 12.3. The van der Waals surface area contributed by atoms with E-state index in [-0.39, 0.29) is 12.0 Å². The van der Waals surface area contributed by atoms with Crippen LogP contribution >= 0.6 is 15.9 Å². The summed E-state index contributed by atoms with van der Waals surface area (Å²) in [6.07, 6.45) is 2.20. The molecule has 22 heavy (non-hydrogen) atoms. The number of rotatable bonds is 6. The normalized spacial score (nSPS) is 17.5. The summed E-state index contributed by atoms with van der Waals surface area (Å²) in [5.41, 5.74) is 1.12. The fraction of sp³-hybridized carbons (Fsp3) is 0.500. The lowest BCUT2D eigenvalue weighted by molar-refractivity contribution is -0.132. The van der Waals surface area contributed by atoms with Crippen molar-refractivity contribution >= 4 is 27.9 Å². The lowest BCUT2D eigenvalue weighted by Crippen LogP contribution is -2.36. The first-order valence-corrected chi connectivity index (χ1v) is 8.38. The van der Waals surface area contributed by atoms with E-state index >= 15 is 0 Å². The molecular weight excluding hydrogens is 348 g/mol. The molecule has 1 aliphatic heterocycles. The van der Waals surface area contributed by atoms with Crippen LogP contribution in [0.2, 0.25) is 0 Å². The van der Waals surface area contributed by atoms with Gasteiger partial charge in [0.25, 0.3) is 0 Å². The van der Waals surface area contributed by atoms with Gasteiger partial charge >= 0.3 is 6.09 Å². The Bertz CT molecular complexity index is 574. The second-order valence-corrected chi connectivity index (χ2v) is 6.65. The summed E-state index contributed by atoms with van der Waals surface area (Å²) in [5.74, 6) is 0.113. The van der Waals surface area contributed by atoms with Gasteiger partial charge in [0.05, 0.1) is 6.54 Å². The minimum Gasteiger partial charge on any atom is -0.448 e. The number of nitrogens with zero attached hydrogens (tertiary/aromatic N) is 2. The van der Waals surface area contributed by atoms with Crippen LogP contribution < -0.4 is 0 Å². The van der Waals surface area contributed by atoms with Gasteiger partial charge in [-0.25, -0.2) is 4.79 Å². The molecular formula is C16H19BrN2O3. The molecule has 5 nitrogen and oxygen atoms in total. The molecule has 0 spiro atoms. The minimum atomic E-state index is -0.308. The summed E-state index contributed by atoms with van der Waals surface area (Å²) < 4.78 is 5.91. The second-order valence-electron chi connectivity index (χ2n) is 5.73. The van der Waals surface area contributed by atoms with E-state index in [1.165, 1.54) is 0 Å². The third-order valence-electron chi connectivity index (χ3n) is 3.99. The number of halogens is 1. The summed E-state index contributed by atoms with van der Waals surface area (Å²) in [7, 11) is 0. The van der Waals surface area contributed by atoms with E-state index in [2.05, 4.69) is 15.9 Å². The molecule has 1 saturated carbocycles. The predicted octanol–water partition coefficient (Wildman–Crippen LogP) is 2.78. The summed E-state index contributed by atoms with van der Waals surface area (Å²) >= 11 is 3.46. The Balaban J connectivity index is 1.58. The average Bonchev–Trinajstić information content (AvgIpc) is 3.25. The van der Waals surface area contributed by atoms with E-state index in [1.54, 1.807) is 4.90 Å². The standard InChI is InChI=1S/C16H19BrN2O3/c17-13-3-1-2-12(10-13)11-19(14-4-5-14)15(20)6-7-18-8-9-22-16(18)21/h1-3,10,14H,4-9,11H2. The van der Waals surface area contributed by atoms with Crippen LogP contribution in [0.15, 0.2) is 28.7 Å². The van der Waals surface area contributed by atoms with Crippen molar-refractivity contribution < 1.29 is 14.3 Å². The molecule has 1 saturated heterocycles. The number of benzene rings is 1. The van der Waals surface area contributed by atoms with Crippen molar-refractivity contribution in [2.45, 2.75) is 31.8 Å². The summed E-state index contributed by atoms with van der Waals surface area (Å²) in [6, 6.07) is 8.39. The Hall–Kier alpha value is -1.56. The molecule has 2 amide bonds. The number of carbonyl (C=O) groups excluding carboxylic acids is 2. The first-order chi connectivity index (χ1) is 10.6. The third kappa shape index (κ3) is 3.80. The Labute approximate surface area is 138 Å². The van der Waals surface area contributed by atoms with Crippen molar-refractivity contribution in [2.24, 2.45) is 0 Å². The van der Waals surface area contributed by atoms with Crippen LogP contribution in [0.5, 0.6) is 0 Å². The fourth-order valence-corrected chi connectivity index (χ4v) is 3.09. The fourth-order valence-electron chi connectivity index (χ4n) is 2.64. The summed E-state index contributed by atoms with van der Waals surface area (Å²) in [5, 5.41) is 0. The number of hydrogen-bond donors (Lipinski definition) is 0.